The van der Waals surface area contributed by atoms with Crippen LogP contribution in [0.2, 0.25) is 0 Å². The van der Waals surface area contributed by atoms with E-state index >= 15 is 0 Å². The van der Waals surface area contributed by atoms with E-state index in [0.717, 1.165) is 41.1 Å². The highest BCUT2D eigenvalue weighted by Gasteiger charge is 2.57. The van der Waals surface area contributed by atoms with Gasteiger partial charge < -0.3 is 9.47 Å². The first-order valence-electron chi connectivity index (χ1n) is 14.0. The fourth-order valence-electron chi connectivity index (χ4n) is 5.92. The number of aromatic nitrogens is 1. The average molecular weight is 563 g/mol. The van der Waals surface area contributed by atoms with Crippen LogP contribution >= 0.6 is 11.3 Å². The summed E-state index contributed by atoms with van der Waals surface area (Å²) in [4.78, 5) is 28.1. The lowest BCUT2D eigenvalue weighted by molar-refractivity contribution is -0.182. The number of benzene rings is 3. The van der Waals surface area contributed by atoms with Crippen LogP contribution in [0.4, 0.5) is 5.82 Å². The molecule has 2 atom stereocenters. The molecule has 1 saturated heterocycles. The van der Waals surface area contributed by atoms with Crippen molar-refractivity contribution >= 4 is 34.8 Å². The number of ether oxygens (including phenoxy) is 2. The lowest BCUT2D eigenvalue weighted by Gasteiger charge is -2.53. The normalized spacial score (nSPS) is 22.4. The van der Waals surface area contributed by atoms with Crippen LogP contribution in [0, 0.1) is 5.92 Å². The second-order valence-corrected chi connectivity index (χ2v) is 11.8. The maximum absolute atomic E-state index is 12.9. The Morgan fingerprint density at radius 2 is 1.54 bits per heavy atom. The van der Waals surface area contributed by atoms with E-state index < -0.39 is 5.54 Å². The summed E-state index contributed by atoms with van der Waals surface area (Å²) < 4.78 is 12.6. The molecule has 1 N–H and O–H groups in total. The number of amidine groups is 1. The minimum Gasteiger partial charge on any atom is -0.465 e. The highest BCUT2D eigenvalue weighted by molar-refractivity contribution is 7.10. The Morgan fingerprint density at radius 1 is 0.902 bits per heavy atom. The summed E-state index contributed by atoms with van der Waals surface area (Å²) in [5, 5.41) is 5.68. The van der Waals surface area contributed by atoms with Crippen LogP contribution in [0.1, 0.15) is 52.2 Å². The molecule has 4 aromatic rings. The van der Waals surface area contributed by atoms with Gasteiger partial charge in [0.2, 0.25) is 0 Å². The lowest BCUT2D eigenvalue weighted by atomic mass is 9.67. The third-order valence-corrected chi connectivity index (χ3v) is 9.32. The molecule has 8 heteroatoms. The molecule has 0 bridgehead atoms. The molecule has 3 aromatic carbocycles. The van der Waals surface area contributed by atoms with Crippen LogP contribution in [0.5, 0.6) is 0 Å². The van der Waals surface area contributed by atoms with Crippen molar-refractivity contribution in [1.82, 2.24) is 10.3 Å². The van der Waals surface area contributed by atoms with Gasteiger partial charge in [0.05, 0.1) is 24.5 Å². The van der Waals surface area contributed by atoms with E-state index in [4.69, 9.17) is 24.4 Å². The Bertz CT molecular complexity index is 1560. The number of aliphatic imine (C=N–C) groups is 2. The molecule has 7 rings (SSSR count). The SMILES string of the molecule is O=C(NC1=N[C@@]2(c3nc(N=C(c4ccccc4)c4ccccc4)cs3)COC3(CCC3)C[C@H]2CO1)c1ccccc1. The van der Waals surface area contributed by atoms with Gasteiger partial charge in [0, 0.05) is 28.0 Å². The Balaban J connectivity index is 1.25. The van der Waals surface area contributed by atoms with Crippen molar-refractivity contribution in [3.63, 3.8) is 0 Å². The maximum Gasteiger partial charge on any atom is 0.292 e. The first-order chi connectivity index (χ1) is 20.1. The summed E-state index contributed by atoms with van der Waals surface area (Å²) in [5.74, 6) is 0.450. The Morgan fingerprint density at radius 3 is 2.15 bits per heavy atom. The number of nitrogens with zero attached hydrogens (tertiary/aromatic N) is 3. The predicted octanol–water partition coefficient (Wildman–Crippen LogP) is 6.28. The predicted molar refractivity (Wildman–Crippen MR) is 160 cm³/mol. The van der Waals surface area contributed by atoms with Crippen LogP contribution < -0.4 is 5.32 Å². The van der Waals surface area contributed by atoms with Crippen molar-refractivity contribution in [3.8, 4) is 0 Å². The summed E-state index contributed by atoms with van der Waals surface area (Å²) in [7, 11) is 0. The van der Waals surface area contributed by atoms with Gasteiger partial charge in [0.25, 0.3) is 11.9 Å². The Labute approximate surface area is 243 Å². The highest BCUT2D eigenvalue weighted by atomic mass is 32.1. The third-order valence-electron chi connectivity index (χ3n) is 8.32. The fraction of sp³-hybridized carbons (Fsp3) is 0.273. The van der Waals surface area contributed by atoms with Crippen molar-refractivity contribution < 1.29 is 14.3 Å². The largest absolute Gasteiger partial charge is 0.465 e. The van der Waals surface area contributed by atoms with E-state index in [1.807, 2.05) is 60.0 Å². The Kier molecular flexibility index (Phi) is 6.73. The van der Waals surface area contributed by atoms with Crippen LogP contribution in [-0.2, 0) is 15.0 Å². The summed E-state index contributed by atoms with van der Waals surface area (Å²) in [6.07, 6.45) is 4.16. The number of amides is 1. The molecule has 7 nitrogen and oxygen atoms in total. The second-order valence-electron chi connectivity index (χ2n) is 10.9. The lowest BCUT2D eigenvalue weighted by Crippen LogP contribution is -2.58. The monoisotopic (exact) mass is 562 g/mol. The molecule has 1 aliphatic carbocycles. The second kappa shape index (κ2) is 10.7. The number of fused-ring (bicyclic) bond motifs is 1. The number of carbonyl (C=O) groups excluding carboxylic acids is 1. The molecule has 3 heterocycles. The number of carbonyl (C=O) groups is 1. The van der Waals surface area contributed by atoms with Gasteiger partial charge in [-0.25, -0.2) is 15.0 Å². The molecular formula is C33H30N4O3S. The number of hydrogen-bond acceptors (Lipinski definition) is 7. The van der Waals surface area contributed by atoms with Gasteiger partial charge in [-0.3, -0.25) is 10.1 Å². The summed E-state index contributed by atoms with van der Waals surface area (Å²) in [5.41, 5.74) is 2.60. The smallest absolute Gasteiger partial charge is 0.292 e. The van der Waals surface area contributed by atoms with Gasteiger partial charge in [0.15, 0.2) is 5.82 Å². The van der Waals surface area contributed by atoms with Crippen LogP contribution in [0.25, 0.3) is 0 Å². The van der Waals surface area contributed by atoms with Gasteiger partial charge in [-0.1, -0.05) is 78.9 Å². The molecule has 0 unspecified atom stereocenters. The van der Waals surface area contributed by atoms with Crippen LogP contribution in [0.15, 0.2) is 106 Å². The topological polar surface area (TPSA) is 85.2 Å². The van der Waals surface area contributed by atoms with E-state index in [9.17, 15) is 4.79 Å². The van der Waals surface area contributed by atoms with E-state index in [1.165, 1.54) is 17.8 Å². The van der Waals surface area contributed by atoms with Crippen molar-refractivity contribution in [2.24, 2.45) is 15.9 Å². The Hall–Kier alpha value is -4.14. The maximum atomic E-state index is 12.9. The van der Waals surface area contributed by atoms with Crippen molar-refractivity contribution in [3.05, 3.63) is 118 Å². The zero-order chi connectivity index (χ0) is 27.7. The molecule has 2 aliphatic heterocycles. The van der Waals surface area contributed by atoms with Gasteiger partial charge in [-0.15, -0.1) is 11.3 Å². The van der Waals surface area contributed by atoms with E-state index in [0.29, 0.717) is 24.6 Å². The van der Waals surface area contributed by atoms with Gasteiger partial charge in [-0.2, -0.15) is 0 Å². The highest BCUT2D eigenvalue weighted by Crippen LogP contribution is 2.53. The molecule has 1 saturated carbocycles. The number of nitrogens with one attached hydrogen (secondary N) is 1. The van der Waals surface area contributed by atoms with Crippen LogP contribution in [0.3, 0.4) is 0 Å². The average Bonchev–Trinajstić information content (AvgIpc) is 3.49. The molecule has 3 aliphatic rings. The summed E-state index contributed by atoms with van der Waals surface area (Å²) in [6, 6.07) is 29.6. The van der Waals surface area contributed by atoms with Gasteiger partial charge >= 0.3 is 0 Å². The minimum atomic E-state index is -0.753. The molecule has 1 amide bonds. The van der Waals surface area contributed by atoms with E-state index in [1.54, 1.807) is 12.1 Å². The standard InChI is InChI=1S/C33H30N4O3S/c38-29(25-15-8-3-9-16-25)36-31-37-33(22-40-32(17-10-18-32)19-26(33)20-39-31)30-35-27(21-41-30)34-28(23-11-4-1-5-12-23)24-13-6-2-7-14-24/h1-9,11-16,21,26H,10,17-20,22H2,(H,36,37,38)/t26-,33-/m0/s1. The molecule has 41 heavy (non-hydrogen) atoms. The van der Waals surface area contributed by atoms with Crippen molar-refractivity contribution in [2.75, 3.05) is 13.2 Å². The summed E-state index contributed by atoms with van der Waals surface area (Å²) in [6.45, 7) is 0.836. The zero-order valence-corrected chi connectivity index (χ0v) is 23.3. The molecule has 2 fully saturated rings. The summed E-state index contributed by atoms with van der Waals surface area (Å²) >= 11 is 1.53. The minimum absolute atomic E-state index is 0.0830. The molecular weight excluding hydrogens is 532 g/mol. The molecule has 206 valence electrons. The van der Waals surface area contributed by atoms with Gasteiger partial charge in [-0.05, 0) is 37.8 Å². The molecule has 0 radical (unpaired) electrons. The van der Waals surface area contributed by atoms with E-state index in [-0.39, 0.29) is 23.4 Å². The number of hydrogen-bond donors (Lipinski definition) is 1. The van der Waals surface area contributed by atoms with Crippen molar-refractivity contribution in [2.45, 2.75) is 36.8 Å². The number of rotatable bonds is 5. The third kappa shape index (κ3) is 4.98. The zero-order valence-electron chi connectivity index (χ0n) is 22.5. The first kappa shape index (κ1) is 25.8. The molecule has 1 spiro atoms. The van der Waals surface area contributed by atoms with Gasteiger partial charge in [0.1, 0.15) is 10.5 Å². The molecule has 1 aromatic heterocycles. The van der Waals surface area contributed by atoms with Crippen molar-refractivity contribution in [1.29, 1.82) is 0 Å². The quantitative estimate of drug-likeness (QED) is 0.290. The fourth-order valence-corrected chi connectivity index (χ4v) is 6.86. The van der Waals surface area contributed by atoms with E-state index in [2.05, 4.69) is 29.6 Å². The number of thiazole rings is 1. The first-order valence-corrected chi connectivity index (χ1v) is 14.9. The van der Waals surface area contributed by atoms with Crippen LogP contribution in [-0.4, -0.2) is 41.4 Å².